The van der Waals surface area contributed by atoms with E-state index in [-0.39, 0.29) is 11.7 Å². The second-order valence-corrected chi connectivity index (χ2v) is 7.03. The maximum atomic E-state index is 13.8. The lowest BCUT2D eigenvalue weighted by atomic mass is 10.1. The van der Waals surface area contributed by atoms with Crippen LogP contribution >= 0.6 is 0 Å². The highest BCUT2D eigenvalue weighted by molar-refractivity contribution is 6.00. The van der Waals surface area contributed by atoms with Crippen LogP contribution in [-0.2, 0) is 13.1 Å². The van der Waals surface area contributed by atoms with Gasteiger partial charge in [0.2, 0.25) is 0 Å². The van der Waals surface area contributed by atoms with Crippen molar-refractivity contribution in [3.63, 3.8) is 0 Å². The average molecular weight is 355 g/mol. The molecule has 1 atom stereocenters. The minimum absolute atomic E-state index is 0.0385. The average Bonchev–Trinajstić information content (AvgIpc) is 3.01. The van der Waals surface area contributed by atoms with Gasteiger partial charge in [0.25, 0.3) is 5.91 Å². The van der Waals surface area contributed by atoms with Crippen molar-refractivity contribution in [2.45, 2.75) is 33.4 Å². The molecule has 1 aliphatic heterocycles. The number of fused-ring (bicyclic) bond motifs is 1. The van der Waals surface area contributed by atoms with Crippen LogP contribution in [0.3, 0.4) is 0 Å². The number of amides is 1. The Kier molecular flexibility index (Phi) is 5.45. The molecular formula is C21H26FN3O. The maximum Gasteiger partial charge on any atom is 0.251 e. The Balaban J connectivity index is 1.80. The molecule has 0 aromatic heterocycles. The first-order valence-corrected chi connectivity index (χ1v) is 9.13. The monoisotopic (exact) mass is 355 g/mol. The summed E-state index contributed by atoms with van der Waals surface area (Å²) in [7, 11) is 2.05. The Morgan fingerprint density at radius 3 is 2.88 bits per heavy atom. The van der Waals surface area contributed by atoms with Gasteiger partial charge in [-0.2, -0.15) is 0 Å². The van der Waals surface area contributed by atoms with Crippen molar-refractivity contribution in [1.29, 1.82) is 0 Å². The highest BCUT2D eigenvalue weighted by atomic mass is 19.1. The SMILES string of the molecule is CCC(C)CN(C)c1ccc(F)cc1CNc1cccc2c1CNC2=O. The van der Waals surface area contributed by atoms with Crippen LogP contribution in [0.25, 0.3) is 0 Å². The summed E-state index contributed by atoms with van der Waals surface area (Å²) in [4.78, 5) is 14.0. The summed E-state index contributed by atoms with van der Waals surface area (Å²) in [5, 5.41) is 6.23. The van der Waals surface area contributed by atoms with E-state index in [4.69, 9.17) is 0 Å². The van der Waals surface area contributed by atoms with Crippen molar-refractivity contribution < 1.29 is 9.18 Å². The van der Waals surface area contributed by atoms with E-state index in [1.165, 1.54) is 6.07 Å². The number of nitrogens with zero attached hydrogens (tertiary/aromatic N) is 1. The first-order valence-electron chi connectivity index (χ1n) is 9.13. The highest BCUT2D eigenvalue weighted by Gasteiger charge is 2.21. The van der Waals surface area contributed by atoms with Crippen LogP contribution in [0, 0.1) is 11.7 Å². The van der Waals surface area contributed by atoms with Gasteiger partial charge in [-0.25, -0.2) is 4.39 Å². The van der Waals surface area contributed by atoms with Gasteiger partial charge in [-0.3, -0.25) is 4.79 Å². The number of hydrogen-bond donors (Lipinski definition) is 2. The Bertz CT molecular complexity index is 806. The molecule has 3 rings (SSSR count). The number of anilines is 2. The maximum absolute atomic E-state index is 13.8. The van der Waals surface area contributed by atoms with Gasteiger partial charge >= 0.3 is 0 Å². The van der Waals surface area contributed by atoms with Crippen molar-refractivity contribution in [3.05, 3.63) is 58.9 Å². The van der Waals surface area contributed by atoms with Gasteiger partial charge in [0.15, 0.2) is 0 Å². The molecule has 1 heterocycles. The van der Waals surface area contributed by atoms with Gasteiger partial charge in [0.1, 0.15) is 5.82 Å². The Labute approximate surface area is 154 Å². The lowest BCUT2D eigenvalue weighted by Crippen LogP contribution is -2.25. The molecule has 5 heteroatoms. The van der Waals surface area contributed by atoms with E-state index in [1.807, 2.05) is 31.3 Å². The van der Waals surface area contributed by atoms with E-state index in [0.717, 1.165) is 35.5 Å². The second kappa shape index (κ2) is 7.77. The summed E-state index contributed by atoms with van der Waals surface area (Å²) in [5.74, 6) is 0.293. The Morgan fingerprint density at radius 1 is 1.31 bits per heavy atom. The van der Waals surface area contributed by atoms with Crippen LogP contribution < -0.4 is 15.5 Å². The van der Waals surface area contributed by atoms with Gasteiger partial charge in [-0.15, -0.1) is 0 Å². The van der Waals surface area contributed by atoms with E-state index < -0.39 is 0 Å². The summed E-state index contributed by atoms with van der Waals surface area (Å²) >= 11 is 0. The first kappa shape index (κ1) is 18.2. The number of carbonyl (C=O) groups is 1. The predicted molar refractivity (Wildman–Crippen MR) is 104 cm³/mol. The second-order valence-electron chi connectivity index (χ2n) is 7.03. The fraction of sp³-hybridized carbons (Fsp3) is 0.381. The van der Waals surface area contributed by atoms with E-state index in [2.05, 4.69) is 29.4 Å². The standard InChI is InChI=1S/C21H26FN3O/c1-4-14(2)13-25(3)20-9-8-16(22)10-15(20)11-23-19-7-5-6-17-18(19)12-24-21(17)26/h5-10,14,23H,4,11-13H2,1-3H3,(H,24,26). The van der Waals surface area contributed by atoms with E-state index in [9.17, 15) is 9.18 Å². The molecule has 1 amide bonds. The number of hydrogen-bond acceptors (Lipinski definition) is 3. The molecule has 26 heavy (non-hydrogen) atoms. The molecule has 0 spiro atoms. The lowest BCUT2D eigenvalue weighted by Gasteiger charge is -2.26. The number of rotatable bonds is 7. The van der Waals surface area contributed by atoms with Crippen LogP contribution in [-0.4, -0.2) is 19.5 Å². The summed E-state index contributed by atoms with van der Waals surface area (Å²) in [6.45, 7) is 6.35. The minimum Gasteiger partial charge on any atom is -0.381 e. The van der Waals surface area contributed by atoms with Crippen LogP contribution in [0.2, 0.25) is 0 Å². The number of carbonyl (C=O) groups excluding carboxylic acids is 1. The van der Waals surface area contributed by atoms with Crippen LogP contribution in [0.4, 0.5) is 15.8 Å². The normalized spacial score (nSPS) is 13.9. The van der Waals surface area contributed by atoms with Crippen LogP contribution in [0.15, 0.2) is 36.4 Å². The smallest absolute Gasteiger partial charge is 0.251 e. The molecule has 138 valence electrons. The molecule has 2 aromatic carbocycles. The molecule has 0 saturated heterocycles. The van der Waals surface area contributed by atoms with Crippen LogP contribution in [0.5, 0.6) is 0 Å². The third-order valence-electron chi connectivity index (χ3n) is 5.05. The highest BCUT2D eigenvalue weighted by Crippen LogP contribution is 2.27. The van der Waals surface area contributed by atoms with Crippen molar-refractivity contribution >= 4 is 17.3 Å². The van der Waals surface area contributed by atoms with Crippen molar-refractivity contribution in [1.82, 2.24) is 5.32 Å². The van der Waals surface area contributed by atoms with Crippen LogP contribution in [0.1, 0.15) is 41.8 Å². The van der Waals surface area contributed by atoms with Crippen molar-refractivity contribution in [2.24, 2.45) is 5.92 Å². The number of benzene rings is 2. The van der Waals surface area contributed by atoms with Gasteiger partial charge < -0.3 is 15.5 Å². The molecule has 1 aliphatic rings. The largest absolute Gasteiger partial charge is 0.381 e. The molecule has 0 saturated carbocycles. The lowest BCUT2D eigenvalue weighted by molar-refractivity contribution is 0.0966. The quantitative estimate of drug-likeness (QED) is 0.784. The zero-order chi connectivity index (χ0) is 18.7. The van der Waals surface area contributed by atoms with Gasteiger partial charge in [-0.05, 0) is 41.8 Å². The number of halogens is 1. The van der Waals surface area contributed by atoms with E-state index >= 15 is 0 Å². The summed E-state index contributed by atoms with van der Waals surface area (Å²) in [6, 6.07) is 10.6. The fourth-order valence-corrected chi connectivity index (χ4v) is 3.37. The van der Waals surface area contributed by atoms with Gasteiger partial charge in [-0.1, -0.05) is 26.3 Å². The third kappa shape index (κ3) is 3.82. The topological polar surface area (TPSA) is 44.4 Å². The third-order valence-corrected chi connectivity index (χ3v) is 5.05. The zero-order valence-corrected chi connectivity index (χ0v) is 15.6. The Hall–Kier alpha value is -2.56. The molecule has 0 radical (unpaired) electrons. The van der Waals surface area contributed by atoms with Crippen molar-refractivity contribution in [3.8, 4) is 0 Å². The number of nitrogens with one attached hydrogen (secondary N) is 2. The molecule has 4 nitrogen and oxygen atoms in total. The molecule has 1 unspecified atom stereocenters. The fourth-order valence-electron chi connectivity index (χ4n) is 3.37. The van der Waals surface area contributed by atoms with E-state index in [1.54, 1.807) is 6.07 Å². The summed E-state index contributed by atoms with van der Waals surface area (Å²) in [6.07, 6.45) is 1.11. The summed E-state index contributed by atoms with van der Waals surface area (Å²) in [5.41, 5.74) is 4.54. The van der Waals surface area contributed by atoms with Gasteiger partial charge in [0, 0.05) is 49.2 Å². The van der Waals surface area contributed by atoms with Gasteiger partial charge in [0.05, 0.1) is 0 Å². The molecule has 0 aliphatic carbocycles. The Morgan fingerprint density at radius 2 is 2.12 bits per heavy atom. The molecule has 2 aromatic rings. The molecule has 0 bridgehead atoms. The minimum atomic E-state index is -0.238. The molecule has 2 N–H and O–H groups in total. The zero-order valence-electron chi connectivity index (χ0n) is 15.6. The summed E-state index contributed by atoms with van der Waals surface area (Å²) < 4.78 is 13.8. The molecule has 0 fully saturated rings. The molecular weight excluding hydrogens is 329 g/mol. The first-order chi connectivity index (χ1) is 12.5. The van der Waals surface area contributed by atoms with Crippen molar-refractivity contribution in [2.75, 3.05) is 23.8 Å². The van der Waals surface area contributed by atoms with E-state index in [0.29, 0.717) is 24.6 Å². The predicted octanol–water partition coefficient (Wildman–Crippen LogP) is 4.16.